The summed E-state index contributed by atoms with van der Waals surface area (Å²) in [6.07, 6.45) is 2.25. The van der Waals surface area contributed by atoms with E-state index in [4.69, 9.17) is 11.6 Å². The van der Waals surface area contributed by atoms with Gasteiger partial charge in [-0.2, -0.15) is 5.10 Å². The van der Waals surface area contributed by atoms with Crippen LogP contribution in [-0.2, 0) is 11.2 Å². The van der Waals surface area contributed by atoms with Crippen molar-refractivity contribution < 1.29 is 4.79 Å². The number of hydrogen-bond donors (Lipinski definition) is 2. The van der Waals surface area contributed by atoms with Gasteiger partial charge in [-0.15, -0.1) is 0 Å². The van der Waals surface area contributed by atoms with Crippen molar-refractivity contribution in [1.29, 1.82) is 0 Å². The van der Waals surface area contributed by atoms with Gasteiger partial charge in [0.2, 0.25) is 5.91 Å². The minimum Gasteiger partial charge on any atom is -0.345 e. The first kappa shape index (κ1) is 15.1. The first-order valence-electron chi connectivity index (χ1n) is 6.52. The number of amides is 1. The van der Waals surface area contributed by atoms with Gasteiger partial charge in [0, 0.05) is 17.6 Å². The number of halogens is 1. The van der Waals surface area contributed by atoms with Gasteiger partial charge in [0.1, 0.15) is 6.34 Å². The van der Waals surface area contributed by atoms with Gasteiger partial charge >= 0.3 is 0 Å². The molecular weight excluding hydrogens is 286 g/mol. The maximum Gasteiger partial charge on any atom is 0.236 e. The zero-order valence-electron chi connectivity index (χ0n) is 11.6. The summed E-state index contributed by atoms with van der Waals surface area (Å²) in [5.74, 6) is -0.206. The highest BCUT2D eigenvalue weighted by Crippen LogP contribution is 2.19. The largest absolute Gasteiger partial charge is 0.345 e. The second kappa shape index (κ2) is 7.45. The highest BCUT2D eigenvalue weighted by molar-refractivity contribution is 6.30. The maximum absolute atomic E-state index is 10.7. The fourth-order valence-electron chi connectivity index (χ4n) is 1.86. The summed E-state index contributed by atoms with van der Waals surface area (Å²) in [6, 6.07) is 15.7. The lowest BCUT2D eigenvalue weighted by atomic mass is 10.0. The number of carbonyl (C=O) groups is 1. The predicted molar refractivity (Wildman–Crippen MR) is 86.6 cm³/mol. The Morgan fingerprint density at radius 3 is 2.62 bits per heavy atom. The number of nitrogens with zero attached hydrogens (tertiary/aromatic N) is 1. The second-order valence-corrected chi connectivity index (χ2v) is 4.97. The summed E-state index contributed by atoms with van der Waals surface area (Å²) in [7, 11) is 0. The van der Waals surface area contributed by atoms with Crippen LogP contribution >= 0.6 is 11.6 Å². The van der Waals surface area contributed by atoms with Crippen LogP contribution in [0.15, 0.2) is 53.6 Å². The first-order valence-corrected chi connectivity index (χ1v) is 6.90. The van der Waals surface area contributed by atoms with Gasteiger partial charge in [-0.1, -0.05) is 41.9 Å². The van der Waals surface area contributed by atoms with Gasteiger partial charge in [-0.05, 0) is 35.7 Å². The molecule has 0 atom stereocenters. The number of para-hydroxylation sites is 1. The molecule has 2 aromatic rings. The van der Waals surface area contributed by atoms with E-state index in [1.807, 2.05) is 48.5 Å². The number of benzene rings is 2. The van der Waals surface area contributed by atoms with E-state index in [-0.39, 0.29) is 5.91 Å². The standard InChI is InChI=1S/C16H16ClN3O/c1-12(21)20-19-11-18-16-5-3-2-4-14(16)10-13-6-8-15(17)9-7-13/h2-9,11H,10H2,1H3,(H,18,19)(H,20,21). The zero-order chi connectivity index (χ0) is 15.1. The number of hydrazone groups is 1. The van der Waals surface area contributed by atoms with Crippen molar-refractivity contribution in [2.75, 3.05) is 5.32 Å². The fourth-order valence-corrected chi connectivity index (χ4v) is 1.99. The number of carbonyl (C=O) groups excluding carboxylic acids is 1. The molecule has 108 valence electrons. The monoisotopic (exact) mass is 301 g/mol. The van der Waals surface area contributed by atoms with Gasteiger partial charge < -0.3 is 5.32 Å². The van der Waals surface area contributed by atoms with Crippen LogP contribution in [0.1, 0.15) is 18.1 Å². The molecule has 21 heavy (non-hydrogen) atoms. The van der Waals surface area contributed by atoms with Gasteiger partial charge in [-0.3, -0.25) is 4.79 Å². The lowest BCUT2D eigenvalue weighted by Crippen LogP contribution is -2.14. The topological polar surface area (TPSA) is 53.5 Å². The molecule has 0 saturated heterocycles. The molecule has 0 radical (unpaired) electrons. The van der Waals surface area contributed by atoms with Gasteiger partial charge in [-0.25, -0.2) is 5.43 Å². The Kier molecular flexibility index (Phi) is 5.35. The van der Waals surface area contributed by atoms with Crippen LogP contribution in [0.25, 0.3) is 0 Å². The number of anilines is 1. The highest BCUT2D eigenvalue weighted by atomic mass is 35.5. The average molecular weight is 302 g/mol. The predicted octanol–water partition coefficient (Wildman–Crippen LogP) is 3.42. The summed E-state index contributed by atoms with van der Waals surface area (Å²) >= 11 is 5.89. The third-order valence-corrected chi connectivity index (χ3v) is 3.08. The Morgan fingerprint density at radius 1 is 1.19 bits per heavy atom. The lowest BCUT2D eigenvalue weighted by molar-refractivity contribution is -0.118. The van der Waals surface area contributed by atoms with E-state index in [0.717, 1.165) is 22.7 Å². The number of rotatable bonds is 5. The molecule has 0 aliphatic rings. The molecule has 0 bridgehead atoms. The molecule has 0 aliphatic heterocycles. The summed E-state index contributed by atoms with van der Waals surface area (Å²) in [4.78, 5) is 10.7. The molecule has 2 rings (SSSR count). The van der Waals surface area contributed by atoms with Gasteiger partial charge in [0.25, 0.3) is 0 Å². The van der Waals surface area contributed by atoms with Crippen LogP contribution in [0.4, 0.5) is 5.69 Å². The van der Waals surface area contributed by atoms with E-state index in [1.54, 1.807) is 0 Å². The summed E-state index contributed by atoms with van der Waals surface area (Å²) in [5.41, 5.74) is 5.60. The molecule has 0 spiro atoms. The summed E-state index contributed by atoms with van der Waals surface area (Å²) in [6.45, 7) is 1.41. The SMILES string of the molecule is CC(=O)NN=CNc1ccccc1Cc1ccc(Cl)cc1. The molecular formula is C16H16ClN3O. The van der Waals surface area contributed by atoms with Gasteiger partial charge in [0.05, 0.1) is 0 Å². The lowest BCUT2D eigenvalue weighted by Gasteiger charge is -2.09. The summed E-state index contributed by atoms with van der Waals surface area (Å²) < 4.78 is 0. The Balaban J connectivity index is 2.07. The molecule has 5 heteroatoms. The van der Waals surface area contributed by atoms with Crippen LogP contribution in [0.5, 0.6) is 0 Å². The minimum atomic E-state index is -0.206. The van der Waals surface area contributed by atoms with Crippen LogP contribution < -0.4 is 10.7 Å². The maximum atomic E-state index is 10.7. The van der Waals surface area contributed by atoms with E-state index in [2.05, 4.69) is 15.8 Å². The normalized spacial score (nSPS) is 10.6. The Labute approximate surface area is 128 Å². The Morgan fingerprint density at radius 2 is 1.90 bits per heavy atom. The fraction of sp³-hybridized carbons (Fsp3) is 0.125. The number of nitrogens with one attached hydrogen (secondary N) is 2. The van der Waals surface area contributed by atoms with E-state index in [9.17, 15) is 4.79 Å². The molecule has 0 aromatic heterocycles. The average Bonchev–Trinajstić information content (AvgIpc) is 2.47. The van der Waals surface area contributed by atoms with E-state index in [1.165, 1.54) is 18.8 Å². The zero-order valence-corrected chi connectivity index (χ0v) is 12.4. The Hall–Kier alpha value is -2.33. The van der Waals surface area contributed by atoms with Crippen molar-refractivity contribution >= 4 is 29.5 Å². The molecule has 0 fully saturated rings. The van der Waals surface area contributed by atoms with Crippen molar-refractivity contribution in [1.82, 2.24) is 5.43 Å². The van der Waals surface area contributed by atoms with Crippen molar-refractivity contribution in [3.8, 4) is 0 Å². The minimum absolute atomic E-state index is 0.206. The molecule has 0 unspecified atom stereocenters. The first-order chi connectivity index (χ1) is 10.1. The molecule has 0 saturated carbocycles. The van der Waals surface area contributed by atoms with E-state index in [0.29, 0.717) is 0 Å². The van der Waals surface area contributed by atoms with Crippen molar-refractivity contribution in [3.05, 3.63) is 64.7 Å². The molecule has 0 aliphatic carbocycles. The van der Waals surface area contributed by atoms with E-state index >= 15 is 0 Å². The van der Waals surface area contributed by atoms with Crippen molar-refractivity contribution in [3.63, 3.8) is 0 Å². The second-order valence-electron chi connectivity index (χ2n) is 4.53. The van der Waals surface area contributed by atoms with Crippen LogP contribution in [0, 0.1) is 0 Å². The third kappa shape index (κ3) is 4.93. The highest BCUT2D eigenvalue weighted by Gasteiger charge is 2.02. The van der Waals surface area contributed by atoms with Crippen LogP contribution in [0.3, 0.4) is 0 Å². The molecule has 4 nitrogen and oxygen atoms in total. The quantitative estimate of drug-likeness (QED) is 0.505. The third-order valence-electron chi connectivity index (χ3n) is 2.83. The molecule has 2 aromatic carbocycles. The van der Waals surface area contributed by atoms with Crippen molar-refractivity contribution in [2.24, 2.45) is 5.10 Å². The van der Waals surface area contributed by atoms with Crippen molar-refractivity contribution in [2.45, 2.75) is 13.3 Å². The number of hydrogen-bond acceptors (Lipinski definition) is 2. The van der Waals surface area contributed by atoms with Crippen LogP contribution in [0.2, 0.25) is 5.02 Å². The van der Waals surface area contributed by atoms with Gasteiger partial charge in [0.15, 0.2) is 0 Å². The Bertz CT molecular complexity index is 638. The smallest absolute Gasteiger partial charge is 0.236 e. The molecule has 1 amide bonds. The van der Waals surface area contributed by atoms with E-state index < -0.39 is 0 Å². The molecule has 2 N–H and O–H groups in total. The van der Waals surface area contributed by atoms with Crippen LogP contribution in [-0.4, -0.2) is 12.2 Å². The summed E-state index contributed by atoms with van der Waals surface area (Å²) in [5, 5.41) is 7.57. The molecule has 0 heterocycles.